The molecule has 0 radical (unpaired) electrons. The van der Waals surface area contributed by atoms with Crippen molar-refractivity contribution in [2.75, 3.05) is 0 Å². The van der Waals surface area contributed by atoms with E-state index in [0.717, 1.165) is 13.0 Å². The second-order valence-corrected chi connectivity index (χ2v) is 5.09. The van der Waals surface area contributed by atoms with Gasteiger partial charge in [-0.2, -0.15) is 0 Å². The molecule has 4 rings (SSSR count). The van der Waals surface area contributed by atoms with Gasteiger partial charge in [-0.05, 0) is 35.3 Å². The normalized spacial score (nSPS) is 23.8. The summed E-state index contributed by atoms with van der Waals surface area (Å²) in [6.07, 6.45) is 14.7. The molecule has 1 unspecified atom stereocenters. The van der Waals surface area contributed by atoms with Gasteiger partial charge in [-0.1, -0.05) is 42.5 Å². The van der Waals surface area contributed by atoms with Crippen molar-refractivity contribution in [1.29, 1.82) is 0 Å². The number of allylic oxidation sites excluding steroid dienone is 5. The molecule has 0 saturated carbocycles. The van der Waals surface area contributed by atoms with E-state index < -0.39 is 0 Å². The van der Waals surface area contributed by atoms with Crippen molar-refractivity contribution in [2.45, 2.75) is 13.0 Å². The highest BCUT2D eigenvalue weighted by molar-refractivity contribution is 5.62. The van der Waals surface area contributed by atoms with Gasteiger partial charge >= 0.3 is 0 Å². The maximum atomic E-state index is 2.39. The first-order chi connectivity index (χ1) is 8.92. The van der Waals surface area contributed by atoms with Gasteiger partial charge in [0.1, 0.15) is 0 Å². The quantitative estimate of drug-likeness (QED) is 0.657. The zero-order valence-electron chi connectivity index (χ0n) is 10.2. The number of benzene rings is 1. The number of hydrogen-bond acceptors (Lipinski definition) is 1. The molecule has 3 aliphatic rings. The van der Waals surface area contributed by atoms with Crippen LogP contribution < -0.4 is 0 Å². The molecule has 0 N–H and O–H groups in total. The van der Waals surface area contributed by atoms with E-state index in [1.807, 2.05) is 0 Å². The molecule has 0 bridgehead atoms. The summed E-state index contributed by atoms with van der Waals surface area (Å²) in [7, 11) is 0. The van der Waals surface area contributed by atoms with Crippen molar-refractivity contribution in [3.63, 3.8) is 0 Å². The van der Waals surface area contributed by atoms with Crippen molar-refractivity contribution in [3.05, 3.63) is 77.2 Å². The van der Waals surface area contributed by atoms with E-state index in [4.69, 9.17) is 0 Å². The predicted octanol–water partition coefficient (Wildman–Crippen LogP) is 3.87. The van der Waals surface area contributed by atoms with Crippen LogP contribution in [-0.2, 0) is 6.54 Å². The van der Waals surface area contributed by atoms with Crippen LogP contribution in [0.25, 0.3) is 6.08 Å². The maximum Gasteiger partial charge on any atom is 0.0479 e. The Hall–Kier alpha value is -2.02. The number of fused-ring (bicyclic) bond motifs is 4. The monoisotopic (exact) mass is 233 g/mol. The summed E-state index contributed by atoms with van der Waals surface area (Å²) in [5, 5.41) is 0. The second-order valence-electron chi connectivity index (χ2n) is 5.09. The summed E-state index contributed by atoms with van der Waals surface area (Å²) in [4.78, 5) is 2.39. The summed E-state index contributed by atoms with van der Waals surface area (Å²) in [5.41, 5.74) is 5.70. The van der Waals surface area contributed by atoms with Gasteiger partial charge in [0.15, 0.2) is 0 Å². The van der Waals surface area contributed by atoms with E-state index in [9.17, 15) is 0 Å². The van der Waals surface area contributed by atoms with E-state index in [-0.39, 0.29) is 0 Å². The molecular formula is C17H15N. The molecule has 1 atom stereocenters. The fourth-order valence-corrected chi connectivity index (χ4v) is 3.06. The third-order valence-electron chi connectivity index (χ3n) is 4.03. The first kappa shape index (κ1) is 9.95. The standard InChI is InChI=1S/C17H15N/c1-2-7-15-12-18-10-9-13-5-3-4-8-16(13)17(18)11-14(15)6-1/h1-7,9-11,16H,8,12H2. The Morgan fingerprint density at radius 2 is 2.11 bits per heavy atom. The summed E-state index contributed by atoms with van der Waals surface area (Å²) in [6.45, 7) is 1.01. The van der Waals surface area contributed by atoms with Crippen LogP contribution in [-0.4, -0.2) is 4.90 Å². The van der Waals surface area contributed by atoms with Crippen LogP contribution in [0.5, 0.6) is 0 Å². The molecule has 1 nitrogen and oxygen atoms in total. The van der Waals surface area contributed by atoms with Crippen LogP contribution in [0.3, 0.4) is 0 Å². The Labute approximate surface area is 107 Å². The fraction of sp³-hybridized carbons (Fsp3) is 0.176. The number of nitrogens with zero attached hydrogens (tertiary/aromatic N) is 1. The Bertz CT molecular complexity index is 616. The Balaban J connectivity index is 1.85. The zero-order chi connectivity index (χ0) is 11.9. The average Bonchev–Trinajstić information content (AvgIpc) is 2.45. The number of hydrogen-bond donors (Lipinski definition) is 0. The Morgan fingerprint density at radius 3 is 3.11 bits per heavy atom. The van der Waals surface area contributed by atoms with E-state index in [2.05, 4.69) is 65.7 Å². The molecule has 2 heterocycles. The van der Waals surface area contributed by atoms with Gasteiger partial charge in [0.05, 0.1) is 0 Å². The van der Waals surface area contributed by atoms with E-state index in [1.165, 1.54) is 22.4 Å². The molecule has 1 aromatic carbocycles. The lowest BCUT2D eigenvalue weighted by Crippen LogP contribution is -2.29. The van der Waals surface area contributed by atoms with Crippen molar-refractivity contribution >= 4 is 6.08 Å². The lowest BCUT2D eigenvalue weighted by Gasteiger charge is -2.38. The van der Waals surface area contributed by atoms with Gasteiger partial charge in [-0.15, -0.1) is 0 Å². The van der Waals surface area contributed by atoms with Gasteiger partial charge in [-0.25, -0.2) is 0 Å². The van der Waals surface area contributed by atoms with Crippen LogP contribution in [0.4, 0.5) is 0 Å². The van der Waals surface area contributed by atoms with E-state index >= 15 is 0 Å². The van der Waals surface area contributed by atoms with Crippen molar-refractivity contribution in [3.8, 4) is 0 Å². The minimum Gasteiger partial charge on any atom is -0.346 e. The molecule has 0 amide bonds. The Kier molecular flexibility index (Phi) is 2.07. The molecule has 18 heavy (non-hydrogen) atoms. The molecule has 2 aliphatic heterocycles. The van der Waals surface area contributed by atoms with Gasteiger partial charge < -0.3 is 4.90 Å². The molecule has 1 aliphatic carbocycles. The third-order valence-corrected chi connectivity index (χ3v) is 4.03. The molecule has 0 saturated heterocycles. The van der Waals surface area contributed by atoms with E-state index in [1.54, 1.807) is 0 Å². The average molecular weight is 233 g/mol. The van der Waals surface area contributed by atoms with Crippen LogP contribution in [0.2, 0.25) is 0 Å². The molecule has 0 fully saturated rings. The van der Waals surface area contributed by atoms with Crippen LogP contribution >= 0.6 is 0 Å². The Morgan fingerprint density at radius 1 is 1.17 bits per heavy atom. The van der Waals surface area contributed by atoms with Crippen molar-refractivity contribution in [1.82, 2.24) is 4.90 Å². The topological polar surface area (TPSA) is 3.24 Å². The van der Waals surface area contributed by atoms with Gasteiger partial charge in [0.2, 0.25) is 0 Å². The van der Waals surface area contributed by atoms with Crippen LogP contribution in [0.1, 0.15) is 17.5 Å². The highest BCUT2D eigenvalue weighted by atomic mass is 15.1. The zero-order valence-corrected chi connectivity index (χ0v) is 10.2. The molecule has 88 valence electrons. The van der Waals surface area contributed by atoms with Gasteiger partial charge in [0.25, 0.3) is 0 Å². The molecule has 1 heteroatoms. The SMILES string of the molecule is C1=CCC2C(=C1)C=CN1Cc3ccccc3C=C21. The molecule has 1 aromatic rings. The first-order valence-electron chi connectivity index (χ1n) is 6.53. The van der Waals surface area contributed by atoms with Gasteiger partial charge in [-0.3, -0.25) is 0 Å². The third kappa shape index (κ3) is 1.40. The lowest BCUT2D eigenvalue weighted by molar-refractivity contribution is 0.392. The highest BCUT2D eigenvalue weighted by Crippen LogP contribution is 2.39. The fourth-order valence-electron chi connectivity index (χ4n) is 3.06. The van der Waals surface area contributed by atoms with Crippen LogP contribution in [0.15, 0.2) is 66.0 Å². The summed E-state index contributed by atoms with van der Waals surface area (Å²) in [6, 6.07) is 8.70. The molecule has 0 aromatic heterocycles. The smallest absolute Gasteiger partial charge is 0.0479 e. The summed E-state index contributed by atoms with van der Waals surface area (Å²) in [5.74, 6) is 0.549. The lowest BCUT2D eigenvalue weighted by atomic mass is 9.83. The van der Waals surface area contributed by atoms with Crippen molar-refractivity contribution in [2.24, 2.45) is 5.92 Å². The van der Waals surface area contributed by atoms with Crippen molar-refractivity contribution < 1.29 is 0 Å². The second kappa shape index (κ2) is 3.74. The highest BCUT2D eigenvalue weighted by Gasteiger charge is 2.28. The van der Waals surface area contributed by atoms with Crippen LogP contribution in [0, 0.1) is 5.92 Å². The summed E-state index contributed by atoms with van der Waals surface area (Å²) < 4.78 is 0. The molecule has 0 spiro atoms. The first-order valence-corrected chi connectivity index (χ1v) is 6.53. The van der Waals surface area contributed by atoms with E-state index in [0.29, 0.717) is 5.92 Å². The van der Waals surface area contributed by atoms with Gasteiger partial charge in [0, 0.05) is 24.4 Å². The largest absolute Gasteiger partial charge is 0.346 e. The summed E-state index contributed by atoms with van der Waals surface area (Å²) >= 11 is 0. The minimum absolute atomic E-state index is 0.549. The predicted molar refractivity (Wildman–Crippen MR) is 74.4 cm³/mol. The minimum atomic E-state index is 0.549. The number of rotatable bonds is 0. The molecular weight excluding hydrogens is 218 g/mol. The maximum absolute atomic E-state index is 2.39.